The Hall–Kier alpha value is -3.06. The van der Waals surface area contributed by atoms with E-state index < -0.39 is 6.03 Å². The number of benzene rings is 2. The zero-order valence-electron chi connectivity index (χ0n) is 16.0. The fourth-order valence-electron chi connectivity index (χ4n) is 2.81. The highest BCUT2D eigenvalue weighted by atomic mass is 32.2. The van der Waals surface area contributed by atoms with Gasteiger partial charge >= 0.3 is 6.03 Å². The van der Waals surface area contributed by atoms with Gasteiger partial charge in [-0.15, -0.1) is 0 Å². The summed E-state index contributed by atoms with van der Waals surface area (Å²) in [5.74, 6) is -0.296. The zero-order valence-corrected chi connectivity index (χ0v) is 16.8. The van der Waals surface area contributed by atoms with Crippen LogP contribution in [0.4, 0.5) is 10.5 Å². The second-order valence-corrected chi connectivity index (χ2v) is 7.42. The summed E-state index contributed by atoms with van der Waals surface area (Å²) in [6, 6.07) is 13.1. The van der Waals surface area contributed by atoms with Crippen LogP contribution in [0.25, 0.3) is 5.69 Å². The second kappa shape index (κ2) is 8.75. The van der Waals surface area contributed by atoms with Crippen molar-refractivity contribution >= 4 is 29.4 Å². The summed E-state index contributed by atoms with van der Waals surface area (Å²) in [5.41, 5.74) is 4.85. The van der Waals surface area contributed by atoms with Crippen molar-refractivity contribution < 1.29 is 9.59 Å². The summed E-state index contributed by atoms with van der Waals surface area (Å²) in [5, 5.41) is 5.76. The van der Waals surface area contributed by atoms with Gasteiger partial charge in [0, 0.05) is 18.1 Å². The number of carbonyl (C=O) groups is 2. The number of amides is 3. The normalized spacial score (nSPS) is 10.5. The summed E-state index contributed by atoms with van der Waals surface area (Å²) in [6.45, 7) is 5.91. The lowest BCUT2D eigenvalue weighted by Crippen LogP contribution is -2.35. The smallest absolute Gasteiger partial charge is 0.307 e. The van der Waals surface area contributed by atoms with E-state index in [1.807, 2.05) is 74.0 Å². The number of nitrogens with zero attached hydrogens (tertiary/aromatic N) is 2. The van der Waals surface area contributed by atoms with E-state index >= 15 is 0 Å². The number of aryl methyl sites for hydroxylation is 3. The lowest BCUT2D eigenvalue weighted by molar-refractivity contribution is -0.117. The van der Waals surface area contributed by atoms with E-state index in [1.54, 1.807) is 6.20 Å². The molecule has 2 N–H and O–H groups in total. The first-order valence-electron chi connectivity index (χ1n) is 8.84. The summed E-state index contributed by atoms with van der Waals surface area (Å²) in [6.07, 6.45) is 3.55. The minimum atomic E-state index is -0.542. The van der Waals surface area contributed by atoms with Crippen LogP contribution in [0.1, 0.15) is 16.7 Å². The first-order chi connectivity index (χ1) is 13.4. The maximum atomic E-state index is 12.2. The molecule has 0 aliphatic heterocycles. The molecular formula is C21H22N4O2S. The molecule has 28 heavy (non-hydrogen) atoms. The Bertz CT molecular complexity index is 1010. The summed E-state index contributed by atoms with van der Waals surface area (Å²) < 4.78 is 1.93. The number of thioether (sulfide) groups is 1. The second-order valence-electron chi connectivity index (χ2n) is 6.48. The molecule has 144 valence electrons. The Morgan fingerprint density at radius 2 is 1.86 bits per heavy atom. The Morgan fingerprint density at radius 3 is 2.61 bits per heavy atom. The van der Waals surface area contributed by atoms with Crippen LogP contribution in [-0.4, -0.2) is 27.2 Å². The molecular weight excluding hydrogens is 372 g/mol. The highest BCUT2D eigenvalue weighted by Crippen LogP contribution is 2.22. The molecule has 0 atom stereocenters. The predicted octanol–water partition coefficient (Wildman–Crippen LogP) is 4.24. The van der Waals surface area contributed by atoms with Gasteiger partial charge in [-0.1, -0.05) is 47.7 Å². The third-order valence-electron chi connectivity index (χ3n) is 4.20. The van der Waals surface area contributed by atoms with Crippen molar-refractivity contribution in [2.24, 2.45) is 0 Å². The van der Waals surface area contributed by atoms with Gasteiger partial charge in [0.2, 0.25) is 5.91 Å². The van der Waals surface area contributed by atoms with Crippen molar-refractivity contribution in [2.75, 3.05) is 11.1 Å². The fraction of sp³-hybridized carbons (Fsp3) is 0.190. The molecule has 0 saturated heterocycles. The van der Waals surface area contributed by atoms with E-state index in [-0.39, 0.29) is 11.7 Å². The van der Waals surface area contributed by atoms with E-state index in [4.69, 9.17) is 0 Å². The number of rotatable bonds is 5. The lowest BCUT2D eigenvalue weighted by Gasteiger charge is -2.11. The molecule has 0 radical (unpaired) electrons. The Morgan fingerprint density at radius 1 is 1.07 bits per heavy atom. The van der Waals surface area contributed by atoms with Crippen molar-refractivity contribution in [3.8, 4) is 5.69 Å². The van der Waals surface area contributed by atoms with Crippen molar-refractivity contribution in [3.63, 3.8) is 0 Å². The van der Waals surface area contributed by atoms with Crippen LogP contribution in [-0.2, 0) is 4.79 Å². The van der Waals surface area contributed by atoms with Crippen molar-refractivity contribution in [1.29, 1.82) is 0 Å². The number of anilines is 1. The molecule has 3 amide bonds. The van der Waals surface area contributed by atoms with Gasteiger partial charge in [0.15, 0.2) is 5.16 Å². The van der Waals surface area contributed by atoms with Gasteiger partial charge in [0.25, 0.3) is 0 Å². The van der Waals surface area contributed by atoms with Crippen LogP contribution >= 0.6 is 11.8 Å². The van der Waals surface area contributed by atoms with Gasteiger partial charge in [-0.25, -0.2) is 9.78 Å². The van der Waals surface area contributed by atoms with E-state index in [0.29, 0.717) is 10.8 Å². The SMILES string of the molecule is Cc1ccc(NC(=O)NC(=O)CSc2nccn2-c2ccccc2C)c(C)c1. The quantitative estimate of drug-likeness (QED) is 0.635. The van der Waals surface area contributed by atoms with Gasteiger partial charge in [0.05, 0.1) is 11.4 Å². The van der Waals surface area contributed by atoms with Crippen molar-refractivity contribution in [1.82, 2.24) is 14.9 Å². The monoisotopic (exact) mass is 394 g/mol. The molecule has 3 aromatic rings. The topological polar surface area (TPSA) is 76.0 Å². The Kier molecular flexibility index (Phi) is 6.16. The molecule has 6 nitrogen and oxygen atoms in total. The van der Waals surface area contributed by atoms with E-state index in [9.17, 15) is 9.59 Å². The first kappa shape index (κ1) is 19.7. The van der Waals surface area contributed by atoms with Crippen LogP contribution in [0.2, 0.25) is 0 Å². The minimum Gasteiger partial charge on any atom is -0.307 e. The fourth-order valence-corrected chi connectivity index (χ4v) is 3.58. The van der Waals surface area contributed by atoms with Crippen LogP contribution in [0, 0.1) is 20.8 Å². The van der Waals surface area contributed by atoms with Crippen molar-refractivity contribution in [3.05, 3.63) is 71.5 Å². The van der Waals surface area contributed by atoms with Gasteiger partial charge in [-0.05, 0) is 44.0 Å². The third kappa shape index (κ3) is 4.80. The highest BCUT2D eigenvalue weighted by molar-refractivity contribution is 7.99. The number of aromatic nitrogens is 2. The molecule has 1 aromatic heterocycles. The minimum absolute atomic E-state index is 0.0865. The van der Waals surface area contributed by atoms with Gasteiger partial charge in [-0.2, -0.15) is 0 Å². The van der Waals surface area contributed by atoms with Crippen LogP contribution < -0.4 is 10.6 Å². The molecule has 0 saturated carbocycles. The number of urea groups is 1. The van der Waals surface area contributed by atoms with Gasteiger partial charge < -0.3 is 5.32 Å². The predicted molar refractivity (Wildman–Crippen MR) is 112 cm³/mol. The molecule has 0 spiro atoms. The molecule has 2 aromatic carbocycles. The number of imidazole rings is 1. The number of nitrogens with one attached hydrogen (secondary N) is 2. The molecule has 3 rings (SSSR count). The number of imide groups is 1. The zero-order chi connectivity index (χ0) is 20.1. The third-order valence-corrected chi connectivity index (χ3v) is 5.16. The molecule has 0 aliphatic rings. The number of hydrogen-bond acceptors (Lipinski definition) is 4. The molecule has 0 aliphatic carbocycles. The lowest BCUT2D eigenvalue weighted by atomic mass is 10.1. The molecule has 1 heterocycles. The molecule has 0 fully saturated rings. The summed E-state index contributed by atoms with van der Waals surface area (Å²) in [4.78, 5) is 28.6. The van der Waals surface area contributed by atoms with Crippen molar-refractivity contribution in [2.45, 2.75) is 25.9 Å². The number of carbonyl (C=O) groups excluding carboxylic acids is 2. The van der Waals surface area contributed by atoms with Crippen LogP contribution in [0.3, 0.4) is 0 Å². The summed E-state index contributed by atoms with van der Waals surface area (Å²) in [7, 11) is 0. The average Bonchev–Trinajstić information content (AvgIpc) is 3.11. The van der Waals surface area contributed by atoms with E-state index in [2.05, 4.69) is 15.6 Å². The van der Waals surface area contributed by atoms with Crippen LogP contribution in [0.15, 0.2) is 60.0 Å². The average molecular weight is 395 g/mol. The standard InChI is InChI=1S/C21H22N4O2S/c1-14-8-9-17(16(3)12-14)23-20(27)24-19(26)13-28-21-22-10-11-25(21)18-7-5-4-6-15(18)2/h4-12H,13H2,1-3H3,(H2,23,24,26,27). The van der Waals surface area contributed by atoms with Gasteiger partial charge in [-0.3, -0.25) is 14.7 Å². The van der Waals surface area contributed by atoms with E-state index in [0.717, 1.165) is 22.4 Å². The molecule has 7 heteroatoms. The number of para-hydroxylation sites is 1. The Balaban J connectivity index is 1.57. The first-order valence-corrected chi connectivity index (χ1v) is 9.83. The Labute approximate surface area is 168 Å². The maximum absolute atomic E-state index is 12.2. The molecule has 0 unspecified atom stereocenters. The van der Waals surface area contributed by atoms with Gasteiger partial charge in [0.1, 0.15) is 0 Å². The summed E-state index contributed by atoms with van der Waals surface area (Å²) >= 11 is 1.28. The van der Waals surface area contributed by atoms with Crippen LogP contribution in [0.5, 0.6) is 0 Å². The van der Waals surface area contributed by atoms with E-state index in [1.165, 1.54) is 11.8 Å². The highest BCUT2D eigenvalue weighted by Gasteiger charge is 2.13. The molecule has 0 bridgehead atoms. The number of hydrogen-bond donors (Lipinski definition) is 2. The largest absolute Gasteiger partial charge is 0.325 e. The maximum Gasteiger partial charge on any atom is 0.325 e.